The molecule has 0 fully saturated rings. The highest BCUT2D eigenvalue weighted by Gasteiger charge is 2.00. The highest BCUT2D eigenvalue weighted by Crippen LogP contribution is 2.09. The van der Waals surface area contributed by atoms with Crippen molar-refractivity contribution in [3.8, 4) is 0 Å². The van der Waals surface area contributed by atoms with Crippen molar-refractivity contribution >= 4 is 11.0 Å². The molecule has 4 nitrogen and oxygen atoms in total. The Bertz CT molecular complexity index is 394. The average Bonchev–Trinajstić information content (AvgIpc) is 2.17. The van der Waals surface area contributed by atoms with Crippen molar-refractivity contribution in [3.05, 3.63) is 24.5 Å². The Morgan fingerprint density at radius 1 is 1.17 bits per heavy atom. The third-order valence-electron chi connectivity index (χ3n) is 1.71. The molecule has 0 aromatic carbocycles. The zero-order chi connectivity index (χ0) is 8.39. The van der Waals surface area contributed by atoms with Crippen LogP contribution < -0.4 is 0 Å². The fourth-order valence-corrected chi connectivity index (χ4v) is 1.12. The number of aryl methyl sites for hydroxylation is 1. The van der Waals surface area contributed by atoms with E-state index < -0.39 is 0 Å². The second kappa shape index (κ2) is 2.81. The van der Waals surface area contributed by atoms with E-state index in [2.05, 4.69) is 19.9 Å². The van der Waals surface area contributed by atoms with Crippen molar-refractivity contribution in [2.45, 2.75) is 13.3 Å². The van der Waals surface area contributed by atoms with E-state index in [0.29, 0.717) is 0 Å². The first-order valence-electron chi connectivity index (χ1n) is 3.81. The number of hydrogen-bond donors (Lipinski definition) is 0. The summed E-state index contributed by atoms with van der Waals surface area (Å²) in [4.78, 5) is 16.2. The number of hydrogen-bond acceptors (Lipinski definition) is 4. The monoisotopic (exact) mass is 160 g/mol. The van der Waals surface area contributed by atoms with Gasteiger partial charge in [-0.25, -0.2) is 19.9 Å². The summed E-state index contributed by atoms with van der Waals surface area (Å²) in [5.74, 6) is 0. The minimum atomic E-state index is 0.810. The molecule has 0 radical (unpaired) electrons. The highest BCUT2D eigenvalue weighted by atomic mass is 14.9. The smallest absolute Gasteiger partial charge is 0.116 e. The molecule has 2 aromatic heterocycles. The lowest BCUT2D eigenvalue weighted by Gasteiger charge is -1.98. The van der Waals surface area contributed by atoms with E-state index in [1.54, 1.807) is 12.5 Å². The van der Waals surface area contributed by atoms with Gasteiger partial charge in [-0.2, -0.15) is 0 Å². The molecule has 0 atom stereocenters. The Morgan fingerprint density at radius 2 is 2.08 bits per heavy atom. The van der Waals surface area contributed by atoms with Crippen LogP contribution in [0.5, 0.6) is 0 Å². The number of nitrogens with zero attached hydrogens (tertiary/aromatic N) is 4. The number of aromatic nitrogens is 4. The number of fused-ring (bicyclic) bond motifs is 1. The summed E-state index contributed by atoms with van der Waals surface area (Å²) in [5.41, 5.74) is 2.64. The standard InChI is InChI=1S/C8H8N4/c1-2-6-8-7(11-5-10-6)3-9-4-12-8/h3-5H,2H2,1H3. The molecule has 2 rings (SSSR count). The lowest BCUT2D eigenvalue weighted by molar-refractivity contribution is 1.01. The molecule has 2 heterocycles. The summed E-state index contributed by atoms with van der Waals surface area (Å²) < 4.78 is 0. The van der Waals surface area contributed by atoms with Gasteiger partial charge in [0.1, 0.15) is 23.7 Å². The first-order chi connectivity index (χ1) is 5.92. The van der Waals surface area contributed by atoms with Crippen molar-refractivity contribution < 1.29 is 0 Å². The quantitative estimate of drug-likeness (QED) is 0.624. The van der Waals surface area contributed by atoms with Crippen LogP contribution in [0, 0.1) is 0 Å². The van der Waals surface area contributed by atoms with Gasteiger partial charge < -0.3 is 0 Å². The molecular weight excluding hydrogens is 152 g/mol. The van der Waals surface area contributed by atoms with E-state index in [0.717, 1.165) is 23.1 Å². The van der Waals surface area contributed by atoms with Gasteiger partial charge >= 0.3 is 0 Å². The van der Waals surface area contributed by atoms with E-state index >= 15 is 0 Å². The molecule has 4 heteroatoms. The molecule has 0 spiro atoms. The molecule has 0 aliphatic rings. The van der Waals surface area contributed by atoms with Crippen molar-refractivity contribution in [1.82, 2.24) is 19.9 Å². The van der Waals surface area contributed by atoms with E-state index in [1.165, 1.54) is 6.33 Å². The van der Waals surface area contributed by atoms with E-state index in [4.69, 9.17) is 0 Å². The molecule has 0 saturated heterocycles. The van der Waals surface area contributed by atoms with Crippen molar-refractivity contribution in [2.24, 2.45) is 0 Å². The van der Waals surface area contributed by atoms with E-state index in [-0.39, 0.29) is 0 Å². The average molecular weight is 160 g/mol. The fourth-order valence-electron chi connectivity index (χ4n) is 1.12. The number of rotatable bonds is 1. The van der Waals surface area contributed by atoms with Gasteiger partial charge in [0, 0.05) is 0 Å². The zero-order valence-corrected chi connectivity index (χ0v) is 6.73. The fraction of sp³-hybridized carbons (Fsp3) is 0.250. The van der Waals surface area contributed by atoms with Gasteiger partial charge in [-0.1, -0.05) is 6.92 Å². The van der Waals surface area contributed by atoms with Crippen LogP contribution in [0.1, 0.15) is 12.6 Å². The normalized spacial score (nSPS) is 10.4. The minimum Gasteiger partial charge on any atom is -0.243 e. The SMILES string of the molecule is CCc1ncnc2cncnc12. The third-order valence-corrected chi connectivity index (χ3v) is 1.71. The van der Waals surface area contributed by atoms with E-state index in [1.807, 2.05) is 6.92 Å². The highest BCUT2D eigenvalue weighted by molar-refractivity contribution is 5.74. The van der Waals surface area contributed by atoms with Crippen molar-refractivity contribution in [3.63, 3.8) is 0 Å². The molecule has 2 aromatic rings. The van der Waals surface area contributed by atoms with Crippen LogP contribution in [0.25, 0.3) is 11.0 Å². The predicted octanol–water partition coefficient (Wildman–Crippen LogP) is 0.982. The maximum atomic E-state index is 4.12. The van der Waals surface area contributed by atoms with Gasteiger partial charge in [0.25, 0.3) is 0 Å². The topological polar surface area (TPSA) is 51.6 Å². The van der Waals surface area contributed by atoms with Crippen LogP contribution in [0.2, 0.25) is 0 Å². The maximum Gasteiger partial charge on any atom is 0.116 e. The van der Waals surface area contributed by atoms with Gasteiger partial charge in [0.2, 0.25) is 0 Å². The van der Waals surface area contributed by atoms with Crippen LogP contribution in [0.15, 0.2) is 18.9 Å². The van der Waals surface area contributed by atoms with Gasteiger partial charge in [-0.3, -0.25) is 0 Å². The second-order valence-electron chi connectivity index (χ2n) is 2.43. The van der Waals surface area contributed by atoms with Crippen LogP contribution in [-0.2, 0) is 6.42 Å². The molecule has 0 aliphatic heterocycles. The molecule has 0 saturated carbocycles. The Kier molecular flexibility index (Phi) is 1.66. The first kappa shape index (κ1) is 7.09. The Labute approximate surface area is 69.7 Å². The lowest BCUT2D eigenvalue weighted by Crippen LogP contribution is -1.94. The van der Waals surface area contributed by atoms with Gasteiger partial charge in [0.15, 0.2) is 0 Å². The minimum absolute atomic E-state index is 0.810. The molecular formula is C8H8N4. The van der Waals surface area contributed by atoms with Gasteiger partial charge in [-0.15, -0.1) is 0 Å². The molecule has 0 amide bonds. The van der Waals surface area contributed by atoms with Gasteiger partial charge in [0.05, 0.1) is 11.9 Å². The summed E-state index contributed by atoms with van der Waals surface area (Å²) in [5, 5.41) is 0. The van der Waals surface area contributed by atoms with Crippen LogP contribution >= 0.6 is 0 Å². The van der Waals surface area contributed by atoms with Crippen molar-refractivity contribution in [1.29, 1.82) is 0 Å². The summed E-state index contributed by atoms with van der Waals surface area (Å²) in [6.45, 7) is 2.05. The third kappa shape index (κ3) is 1.01. The second-order valence-corrected chi connectivity index (χ2v) is 2.43. The predicted molar refractivity (Wildman–Crippen MR) is 44.5 cm³/mol. The summed E-state index contributed by atoms with van der Waals surface area (Å²) in [6.07, 6.45) is 5.63. The lowest BCUT2D eigenvalue weighted by atomic mass is 10.3. The molecule has 0 aliphatic carbocycles. The van der Waals surface area contributed by atoms with Crippen molar-refractivity contribution in [2.75, 3.05) is 0 Å². The largest absolute Gasteiger partial charge is 0.243 e. The Balaban J connectivity index is 2.79. The molecule has 0 unspecified atom stereocenters. The molecule has 60 valence electrons. The van der Waals surface area contributed by atoms with Crippen LogP contribution in [0.3, 0.4) is 0 Å². The van der Waals surface area contributed by atoms with Crippen LogP contribution in [-0.4, -0.2) is 19.9 Å². The van der Waals surface area contributed by atoms with Crippen LogP contribution in [0.4, 0.5) is 0 Å². The molecule has 0 bridgehead atoms. The summed E-state index contributed by atoms with van der Waals surface area (Å²) >= 11 is 0. The van der Waals surface area contributed by atoms with E-state index in [9.17, 15) is 0 Å². The maximum absolute atomic E-state index is 4.12. The zero-order valence-electron chi connectivity index (χ0n) is 6.73. The summed E-state index contributed by atoms with van der Waals surface area (Å²) in [7, 11) is 0. The summed E-state index contributed by atoms with van der Waals surface area (Å²) in [6, 6.07) is 0. The molecule has 12 heavy (non-hydrogen) atoms. The Morgan fingerprint density at radius 3 is 2.92 bits per heavy atom. The molecule has 0 N–H and O–H groups in total. The Hall–Kier alpha value is -1.58. The van der Waals surface area contributed by atoms with Gasteiger partial charge in [-0.05, 0) is 6.42 Å². The first-order valence-corrected chi connectivity index (χ1v) is 3.81.